The van der Waals surface area contributed by atoms with Crippen LogP contribution >= 0.6 is 0 Å². The minimum atomic E-state index is 0.261. The van der Waals surface area contributed by atoms with Gasteiger partial charge >= 0.3 is 0 Å². The highest BCUT2D eigenvalue weighted by Crippen LogP contribution is 2.29. The van der Waals surface area contributed by atoms with Gasteiger partial charge in [0.25, 0.3) is 0 Å². The van der Waals surface area contributed by atoms with Crippen LogP contribution in [0.1, 0.15) is 50.1 Å². The Bertz CT molecular complexity index is 683. The van der Waals surface area contributed by atoms with Gasteiger partial charge in [-0.05, 0) is 31.2 Å². The van der Waals surface area contributed by atoms with Gasteiger partial charge in [0.15, 0.2) is 0 Å². The van der Waals surface area contributed by atoms with Crippen LogP contribution in [-0.2, 0) is 17.9 Å². The molecule has 1 fully saturated rings. The molecule has 1 aromatic carbocycles. The number of imidazole rings is 1. The van der Waals surface area contributed by atoms with Gasteiger partial charge in [0.05, 0.1) is 6.54 Å². The van der Waals surface area contributed by atoms with Crippen molar-refractivity contribution in [2.45, 2.75) is 59.2 Å². The molecule has 24 heavy (non-hydrogen) atoms. The van der Waals surface area contributed by atoms with E-state index >= 15 is 0 Å². The first kappa shape index (κ1) is 16.7. The average molecular weight is 325 g/mol. The molecular formula is C20H27N3O. The summed E-state index contributed by atoms with van der Waals surface area (Å²) in [7, 11) is 0. The van der Waals surface area contributed by atoms with E-state index in [4.69, 9.17) is 0 Å². The van der Waals surface area contributed by atoms with E-state index in [-0.39, 0.29) is 5.91 Å². The summed E-state index contributed by atoms with van der Waals surface area (Å²) in [6.45, 7) is 7.71. The maximum Gasteiger partial charge on any atom is 0.223 e. The van der Waals surface area contributed by atoms with E-state index in [1.165, 1.54) is 11.1 Å². The lowest BCUT2D eigenvalue weighted by Crippen LogP contribution is -2.34. The molecule has 2 aromatic rings. The summed E-state index contributed by atoms with van der Waals surface area (Å²) < 4.78 is 2.16. The zero-order valence-electron chi connectivity index (χ0n) is 14.9. The number of carbonyl (C=O) groups is 1. The van der Waals surface area contributed by atoms with Gasteiger partial charge in [-0.3, -0.25) is 4.79 Å². The van der Waals surface area contributed by atoms with E-state index in [0.717, 1.165) is 25.2 Å². The molecule has 0 aliphatic heterocycles. The molecule has 0 bridgehead atoms. The lowest BCUT2D eigenvalue weighted by atomic mass is 10.1. The van der Waals surface area contributed by atoms with Crippen molar-refractivity contribution in [1.29, 1.82) is 0 Å². The smallest absolute Gasteiger partial charge is 0.223 e. The van der Waals surface area contributed by atoms with Gasteiger partial charge in [-0.2, -0.15) is 0 Å². The van der Waals surface area contributed by atoms with Crippen LogP contribution in [0.4, 0.5) is 0 Å². The first-order valence-corrected chi connectivity index (χ1v) is 8.88. The highest BCUT2D eigenvalue weighted by molar-refractivity contribution is 5.77. The van der Waals surface area contributed by atoms with E-state index in [0.29, 0.717) is 24.9 Å². The van der Waals surface area contributed by atoms with Crippen molar-refractivity contribution >= 4 is 5.91 Å². The zero-order chi connectivity index (χ0) is 17.1. The minimum Gasteiger partial charge on any atom is -0.332 e. The molecule has 0 radical (unpaired) electrons. The van der Waals surface area contributed by atoms with Crippen molar-refractivity contribution in [1.82, 2.24) is 14.5 Å². The molecule has 0 saturated heterocycles. The maximum atomic E-state index is 12.6. The second-order valence-electron chi connectivity index (χ2n) is 7.31. The second-order valence-corrected chi connectivity index (χ2v) is 7.31. The highest BCUT2D eigenvalue weighted by atomic mass is 16.2. The lowest BCUT2D eigenvalue weighted by Gasteiger charge is -2.23. The number of hydrogen-bond acceptors (Lipinski definition) is 2. The van der Waals surface area contributed by atoms with Crippen LogP contribution in [0.3, 0.4) is 0 Å². The number of rotatable bonds is 7. The van der Waals surface area contributed by atoms with Crippen molar-refractivity contribution < 1.29 is 4.79 Å². The van der Waals surface area contributed by atoms with E-state index in [2.05, 4.69) is 54.6 Å². The largest absolute Gasteiger partial charge is 0.332 e. The van der Waals surface area contributed by atoms with E-state index in [1.54, 1.807) is 0 Å². The normalized spacial score (nSPS) is 14.2. The number of nitrogens with zero attached hydrogens (tertiary/aromatic N) is 3. The fourth-order valence-corrected chi connectivity index (χ4v) is 2.95. The molecule has 3 rings (SSSR count). The first-order valence-electron chi connectivity index (χ1n) is 8.88. The SMILES string of the molecule is Cc1ccc(Cn2ccnc2CN(C(=O)CC(C)C)C2CC2)cc1. The number of carbonyl (C=O) groups excluding carboxylic acids is 1. The summed E-state index contributed by atoms with van der Waals surface area (Å²) in [5, 5.41) is 0. The molecule has 1 aliphatic rings. The summed E-state index contributed by atoms with van der Waals surface area (Å²) in [4.78, 5) is 19.1. The van der Waals surface area contributed by atoms with Gasteiger partial charge in [-0.25, -0.2) is 4.98 Å². The zero-order valence-corrected chi connectivity index (χ0v) is 14.9. The van der Waals surface area contributed by atoms with Crippen LogP contribution in [0.25, 0.3) is 0 Å². The summed E-state index contributed by atoms with van der Waals surface area (Å²) in [5.41, 5.74) is 2.52. The topological polar surface area (TPSA) is 38.1 Å². The quantitative estimate of drug-likeness (QED) is 0.777. The second kappa shape index (κ2) is 7.20. The lowest BCUT2D eigenvalue weighted by molar-refractivity contribution is -0.133. The Kier molecular flexibility index (Phi) is 5.03. The summed E-state index contributed by atoms with van der Waals surface area (Å²) in [6.07, 6.45) is 6.72. The number of hydrogen-bond donors (Lipinski definition) is 0. The van der Waals surface area contributed by atoms with Gasteiger partial charge in [-0.15, -0.1) is 0 Å². The molecule has 0 unspecified atom stereocenters. The highest BCUT2D eigenvalue weighted by Gasteiger charge is 2.33. The molecule has 0 spiro atoms. The number of amides is 1. The molecule has 4 nitrogen and oxygen atoms in total. The molecule has 1 aliphatic carbocycles. The molecule has 1 aromatic heterocycles. The van der Waals surface area contributed by atoms with E-state index < -0.39 is 0 Å². The monoisotopic (exact) mass is 325 g/mol. The van der Waals surface area contributed by atoms with Gasteiger partial charge in [0.1, 0.15) is 5.82 Å². The van der Waals surface area contributed by atoms with Gasteiger partial charge in [0.2, 0.25) is 5.91 Å². The Labute approximate surface area is 144 Å². The Morgan fingerprint density at radius 1 is 1.29 bits per heavy atom. The fourth-order valence-electron chi connectivity index (χ4n) is 2.95. The van der Waals surface area contributed by atoms with Crippen LogP contribution in [0.5, 0.6) is 0 Å². The molecule has 1 amide bonds. The van der Waals surface area contributed by atoms with E-state index in [9.17, 15) is 4.79 Å². The number of aryl methyl sites for hydroxylation is 1. The van der Waals surface area contributed by atoms with Crippen molar-refractivity contribution in [2.24, 2.45) is 5.92 Å². The summed E-state index contributed by atoms with van der Waals surface area (Å²) >= 11 is 0. The van der Waals surface area contributed by atoms with Crippen LogP contribution in [0.2, 0.25) is 0 Å². The predicted octanol–water partition coefficient (Wildman–Crippen LogP) is 3.78. The average Bonchev–Trinajstić information content (AvgIpc) is 3.27. The molecule has 1 saturated carbocycles. The third kappa shape index (κ3) is 4.25. The van der Waals surface area contributed by atoms with Gasteiger partial charge < -0.3 is 9.47 Å². The van der Waals surface area contributed by atoms with Crippen molar-refractivity contribution in [3.8, 4) is 0 Å². The maximum absolute atomic E-state index is 12.6. The fraction of sp³-hybridized carbons (Fsp3) is 0.500. The third-order valence-corrected chi connectivity index (χ3v) is 4.48. The van der Waals surface area contributed by atoms with Gasteiger partial charge in [0, 0.05) is 31.4 Å². The third-order valence-electron chi connectivity index (χ3n) is 4.48. The summed E-state index contributed by atoms with van der Waals surface area (Å²) in [6, 6.07) is 8.99. The van der Waals surface area contributed by atoms with Crippen LogP contribution in [0, 0.1) is 12.8 Å². The van der Waals surface area contributed by atoms with Crippen LogP contribution in [-0.4, -0.2) is 26.4 Å². The Morgan fingerprint density at radius 2 is 2.00 bits per heavy atom. The molecule has 1 heterocycles. The van der Waals surface area contributed by atoms with Crippen molar-refractivity contribution in [3.63, 3.8) is 0 Å². The molecule has 0 N–H and O–H groups in total. The Hall–Kier alpha value is -2.10. The van der Waals surface area contributed by atoms with E-state index in [1.807, 2.05) is 17.3 Å². The number of aromatic nitrogens is 2. The summed E-state index contributed by atoms with van der Waals surface area (Å²) in [5.74, 6) is 1.63. The van der Waals surface area contributed by atoms with Crippen molar-refractivity contribution in [3.05, 3.63) is 53.6 Å². The molecular weight excluding hydrogens is 298 g/mol. The van der Waals surface area contributed by atoms with Crippen molar-refractivity contribution in [2.75, 3.05) is 0 Å². The van der Waals surface area contributed by atoms with Crippen LogP contribution in [0.15, 0.2) is 36.7 Å². The van der Waals surface area contributed by atoms with Gasteiger partial charge in [-0.1, -0.05) is 43.7 Å². The molecule has 4 heteroatoms. The molecule has 0 atom stereocenters. The van der Waals surface area contributed by atoms with Crippen LogP contribution < -0.4 is 0 Å². The number of benzene rings is 1. The first-order chi connectivity index (χ1) is 11.5. The predicted molar refractivity (Wildman–Crippen MR) is 95.5 cm³/mol. The molecule has 128 valence electrons. The standard InChI is InChI=1S/C20H27N3O/c1-15(2)12-20(24)23(18-8-9-18)14-19-21-10-11-22(19)13-17-6-4-16(3)5-7-17/h4-7,10-11,15,18H,8-9,12-14H2,1-3H3. The Morgan fingerprint density at radius 3 is 2.62 bits per heavy atom. The minimum absolute atomic E-state index is 0.261. The Balaban J connectivity index is 1.71.